The normalized spacial score (nSPS) is 13.2. The van der Waals surface area contributed by atoms with E-state index >= 15 is 0 Å². The molecular formula is C21H29ClN4O2S. The molecule has 158 valence electrons. The molecule has 1 atom stereocenters. The molecule has 0 bridgehead atoms. The second-order valence-corrected chi connectivity index (χ2v) is 9.44. The third-order valence-electron chi connectivity index (χ3n) is 4.81. The highest BCUT2D eigenvalue weighted by Crippen LogP contribution is 2.17. The average Bonchev–Trinajstić information content (AvgIpc) is 2.69. The Morgan fingerprint density at radius 1 is 1.21 bits per heavy atom. The number of sulfone groups is 1. The van der Waals surface area contributed by atoms with Gasteiger partial charge in [0, 0.05) is 25.8 Å². The lowest BCUT2D eigenvalue weighted by molar-refractivity contribution is 0.568. The largest absolute Gasteiger partial charge is 0.356 e. The zero-order valence-corrected chi connectivity index (χ0v) is 18.9. The molecule has 8 heteroatoms. The maximum Gasteiger partial charge on any atom is 0.191 e. The van der Waals surface area contributed by atoms with Gasteiger partial charge in [0.15, 0.2) is 15.8 Å². The summed E-state index contributed by atoms with van der Waals surface area (Å²) < 4.78 is 25.7. The van der Waals surface area contributed by atoms with Crippen LogP contribution in [0.1, 0.15) is 30.0 Å². The molecule has 1 unspecified atom stereocenters. The average molecular weight is 437 g/mol. The Kier molecular flexibility index (Phi) is 8.46. The minimum atomic E-state index is -3.40. The van der Waals surface area contributed by atoms with Crippen molar-refractivity contribution < 1.29 is 8.42 Å². The van der Waals surface area contributed by atoms with Crippen LogP contribution in [0, 0.1) is 13.8 Å². The van der Waals surface area contributed by atoms with Gasteiger partial charge in [-0.1, -0.05) is 30.7 Å². The first-order valence-corrected chi connectivity index (χ1v) is 11.7. The maximum atomic E-state index is 12.8. The van der Waals surface area contributed by atoms with Gasteiger partial charge in [-0.2, -0.15) is 0 Å². The van der Waals surface area contributed by atoms with Crippen molar-refractivity contribution in [2.75, 3.05) is 19.3 Å². The molecule has 0 spiro atoms. The molecule has 0 amide bonds. The zero-order valence-electron chi connectivity index (χ0n) is 17.4. The third kappa shape index (κ3) is 7.01. The van der Waals surface area contributed by atoms with E-state index in [0.717, 1.165) is 23.1 Å². The SMILES string of the molecule is CCC(CS(=O)(=O)c1ccc(C)c(C)c1)NC(=NC)NCCc1ccc(Cl)nc1. The number of aromatic nitrogens is 1. The minimum Gasteiger partial charge on any atom is -0.356 e. The number of aliphatic imine (C=N–C) groups is 1. The minimum absolute atomic E-state index is 0.00774. The maximum absolute atomic E-state index is 12.8. The van der Waals surface area contributed by atoms with E-state index in [-0.39, 0.29) is 11.8 Å². The van der Waals surface area contributed by atoms with Crippen molar-refractivity contribution in [1.82, 2.24) is 15.6 Å². The molecule has 0 saturated heterocycles. The third-order valence-corrected chi connectivity index (χ3v) is 6.85. The van der Waals surface area contributed by atoms with E-state index in [1.807, 2.05) is 32.9 Å². The molecule has 2 aromatic rings. The van der Waals surface area contributed by atoms with Crippen LogP contribution in [0.25, 0.3) is 0 Å². The molecule has 29 heavy (non-hydrogen) atoms. The standard InChI is InChI=1S/C21H29ClN4O2S/c1-5-18(14-29(27,28)19-8-6-15(2)16(3)12-19)26-21(23-4)24-11-10-17-7-9-20(22)25-13-17/h6-9,12-13,18H,5,10-11,14H2,1-4H3,(H2,23,24,26). The van der Waals surface area contributed by atoms with Crippen molar-refractivity contribution in [3.63, 3.8) is 0 Å². The van der Waals surface area contributed by atoms with Gasteiger partial charge in [-0.25, -0.2) is 13.4 Å². The van der Waals surface area contributed by atoms with E-state index in [0.29, 0.717) is 29.0 Å². The van der Waals surface area contributed by atoms with Crippen LogP contribution >= 0.6 is 11.6 Å². The number of aryl methyl sites for hydroxylation is 2. The molecule has 0 aliphatic heterocycles. The van der Waals surface area contributed by atoms with Crippen LogP contribution in [-0.4, -0.2) is 44.7 Å². The number of nitrogens with one attached hydrogen (secondary N) is 2. The number of pyridine rings is 1. The number of hydrogen-bond acceptors (Lipinski definition) is 4. The molecule has 2 N–H and O–H groups in total. The Morgan fingerprint density at radius 3 is 2.55 bits per heavy atom. The fraction of sp³-hybridized carbons (Fsp3) is 0.429. The smallest absolute Gasteiger partial charge is 0.191 e. The molecule has 6 nitrogen and oxygen atoms in total. The fourth-order valence-electron chi connectivity index (χ4n) is 2.80. The second-order valence-electron chi connectivity index (χ2n) is 7.02. The summed E-state index contributed by atoms with van der Waals surface area (Å²) in [6.45, 7) is 6.49. The Hall–Kier alpha value is -2.12. The second kappa shape index (κ2) is 10.6. The summed E-state index contributed by atoms with van der Waals surface area (Å²) in [5.74, 6) is 0.586. The van der Waals surface area contributed by atoms with Crippen molar-refractivity contribution in [2.45, 2.75) is 44.6 Å². The molecule has 0 saturated carbocycles. The molecule has 0 fully saturated rings. The van der Waals surface area contributed by atoms with Crippen LogP contribution in [0.5, 0.6) is 0 Å². The first-order chi connectivity index (χ1) is 13.7. The van der Waals surface area contributed by atoms with Gasteiger partial charge in [0.1, 0.15) is 5.15 Å². The first-order valence-electron chi connectivity index (χ1n) is 9.62. The first kappa shape index (κ1) is 23.2. The number of benzene rings is 1. The number of rotatable bonds is 8. The number of guanidine groups is 1. The van der Waals surface area contributed by atoms with E-state index in [4.69, 9.17) is 11.6 Å². The van der Waals surface area contributed by atoms with Gasteiger partial charge in [0.05, 0.1) is 10.6 Å². The Morgan fingerprint density at radius 2 is 1.97 bits per heavy atom. The highest BCUT2D eigenvalue weighted by atomic mass is 35.5. The summed E-state index contributed by atoms with van der Waals surface area (Å²) in [4.78, 5) is 8.64. The highest BCUT2D eigenvalue weighted by Gasteiger charge is 2.21. The molecule has 1 heterocycles. The molecule has 0 radical (unpaired) electrons. The lowest BCUT2D eigenvalue weighted by atomic mass is 10.1. The van der Waals surface area contributed by atoms with Crippen molar-refractivity contribution in [2.24, 2.45) is 4.99 Å². The number of nitrogens with zero attached hydrogens (tertiary/aromatic N) is 2. The zero-order chi connectivity index (χ0) is 21.4. The van der Waals surface area contributed by atoms with Gasteiger partial charge in [0.25, 0.3) is 0 Å². The van der Waals surface area contributed by atoms with Gasteiger partial charge < -0.3 is 10.6 Å². The quantitative estimate of drug-likeness (QED) is 0.377. The molecule has 1 aromatic heterocycles. The van der Waals surface area contributed by atoms with Crippen molar-refractivity contribution in [3.8, 4) is 0 Å². The van der Waals surface area contributed by atoms with Gasteiger partial charge in [-0.05, 0) is 61.6 Å². The van der Waals surface area contributed by atoms with Crippen molar-refractivity contribution in [3.05, 3.63) is 58.4 Å². The van der Waals surface area contributed by atoms with Gasteiger partial charge in [-0.15, -0.1) is 0 Å². The molecule has 0 aliphatic carbocycles. The lowest BCUT2D eigenvalue weighted by Crippen LogP contribution is -2.46. The van der Waals surface area contributed by atoms with Gasteiger partial charge in [0.2, 0.25) is 0 Å². The van der Waals surface area contributed by atoms with Crippen LogP contribution in [0.2, 0.25) is 5.15 Å². The molecule has 2 rings (SSSR count). The predicted octanol–water partition coefficient (Wildman–Crippen LogP) is 3.31. The van der Waals surface area contributed by atoms with E-state index in [2.05, 4.69) is 20.6 Å². The summed E-state index contributed by atoms with van der Waals surface area (Å²) in [7, 11) is -1.73. The van der Waals surface area contributed by atoms with Crippen molar-refractivity contribution in [1.29, 1.82) is 0 Å². The van der Waals surface area contributed by atoms with E-state index in [1.54, 1.807) is 31.4 Å². The fourth-order valence-corrected chi connectivity index (χ4v) is 4.58. The van der Waals surface area contributed by atoms with Crippen molar-refractivity contribution >= 4 is 27.4 Å². The van der Waals surface area contributed by atoms with Gasteiger partial charge >= 0.3 is 0 Å². The van der Waals surface area contributed by atoms with Crippen LogP contribution in [0.4, 0.5) is 0 Å². The van der Waals surface area contributed by atoms with E-state index in [9.17, 15) is 8.42 Å². The van der Waals surface area contributed by atoms with Crippen LogP contribution < -0.4 is 10.6 Å². The topological polar surface area (TPSA) is 83.5 Å². The van der Waals surface area contributed by atoms with Crippen LogP contribution in [0.3, 0.4) is 0 Å². The van der Waals surface area contributed by atoms with E-state index < -0.39 is 9.84 Å². The van der Waals surface area contributed by atoms with Crippen LogP contribution in [0.15, 0.2) is 46.4 Å². The Bertz CT molecular complexity index is 944. The molecule has 1 aromatic carbocycles. The summed E-state index contributed by atoms with van der Waals surface area (Å²) in [5, 5.41) is 6.91. The Labute approximate surface area is 178 Å². The summed E-state index contributed by atoms with van der Waals surface area (Å²) in [6, 6.07) is 8.71. The number of hydrogen-bond donors (Lipinski definition) is 2. The van der Waals surface area contributed by atoms with E-state index in [1.165, 1.54) is 0 Å². The molecule has 0 aliphatic rings. The predicted molar refractivity (Wildman–Crippen MR) is 119 cm³/mol. The molecular weight excluding hydrogens is 408 g/mol. The van der Waals surface area contributed by atoms with Gasteiger partial charge in [-0.3, -0.25) is 4.99 Å². The summed E-state index contributed by atoms with van der Waals surface area (Å²) in [5.41, 5.74) is 3.11. The number of halogens is 1. The monoisotopic (exact) mass is 436 g/mol. The van der Waals surface area contributed by atoms with Crippen LogP contribution in [-0.2, 0) is 16.3 Å². The lowest BCUT2D eigenvalue weighted by Gasteiger charge is -2.20. The summed E-state index contributed by atoms with van der Waals surface area (Å²) >= 11 is 5.80. The Balaban J connectivity index is 1.95. The highest BCUT2D eigenvalue weighted by molar-refractivity contribution is 7.91. The summed E-state index contributed by atoms with van der Waals surface area (Å²) in [6.07, 6.45) is 3.15.